The maximum atomic E-state index is 11.5. The first kappa shape index (κ1) is 10.9. The summed E-state index contributed by atoms with van der Waals surface area (Å²) < 4.78 is 31.1. The van der Waals surface area contributed by atoms with Crippen LogP contribution in [-0.2, 0) is 22.9 Å². The van der Waals surface area contributed by atoms with E-state index >= 15 is 0 Å². The van der Waals surface area contributed by atoms with E-state index in [9.17, 15) is 4.57 Å². The van der Waals surface area contributed by atoms with Crippen molar-refractivity contribution in [2.75, 3.05) is 19.8 Å². The van der Waals surface area contributed by atoms with Crippen molar-refractivity contribution in [3.63, 3.8) is 0 Å². The first-order chi connectivity index (χ1) is 6.20. The summed E-state index contributed by atoms with van der Waals surface area (Å²) in [5.74, 6) is 0. The van der Waals surface area contributed by atoms with Crippen LogP contribution in [-0.4, -0.2) is 26.1 Å². The number of phosphoric ester groups is 1. The molecular weight excluding hydrogens is 195 g/mol. The molecule has 1 aliphatic rings. The predicted molar refractivity (Wildman–Crippen MR) is 46.2 cm³/mol. The molecule has 0 N–H and O–H groups in total. The Morgan fingerprint density at radius 3 is 3.15 bits per heavy atom. The molecule has 0 bridgehead atoms. The van der Waals surface area contributed by atoms with Crippen molar-refractivity contribution in [2.45, 2.75) is 13.2 Å². The van der Waals surface area contributed by atoms with Crippen LogP contribution in [0.4, 0.5) is 0 Å². The first-order valence-electron chi connectivity index (χ1n) is 4.00. The van der Waals surface area contributed by atoms with Gasteiger partial charge in [-0.05, 0) is 6.92 Å². The Kier molecular flexibility index (Phi) is 4.09. The van der Waals surface area contributed by atoms with Crippen LogP contribution in [0, 0.1) is 0 Å². The minimum Gasteiger partial charge on any atom is -0.350 e. The van der Waals surface area contributed by atoms with Crippen LogP contribution >= 0.6 is 7.82 Å². The maximum Gasteiger partial charge on any atom is 0.477 e. The molecular formula is C7H13O5P. The number of rotatable bonds is 5. The molecule has 0 aromatic carbocycles. The summed E-state index contributed by atoms with van der Waals surface area (Å²) in [6, 6.07) is 0. The fraction of sp³-hybridized carbons (Fsp3) is 0.714. The molecule has 5 nitrogen and oxygen atoms in total. The molecule has 13 heavy (non-hydrogen) atoms. The van der Waals surface area contributed by atoms with E-state index in [2.05, 4.69) is 6.58 Å². The van der Waals surface area contributed by atoms with E-state index in [4.69, 9.17) is 18.3 Å². The van der Waals surface area contributed by atoms with E-state index in [1.54, 1.807) is 0 Å². The van der Waals surface area contributed by atoms with Crippen LogP contribution < -0.4 is 0 Å². The van der Waals surface area contributed by atoms with E-state index in [1.807, 2.05) is 6.92 Å². The molecule has 1 heterocycles. The zero-order valence-corrected chi connectivity index (χ0v) is 8.37. The van der Waals surface area contributed by atoms with Gasteiger partial charge in [0.2, 0.25) is 0 Å². The average molecular weight is 208 g/mol. The van der Waals surface area contributed by atoms with Gasteiger partial charge in [0.25, 0.3) is 0 Å². The predicted octanol–water partition coefficient (Wildman–Crippen LogP) is 1.71. The summed E-state index contributed by atoms with van der Waals surface area (Å²) in [5, 5.41) is 0. The van der Waals surface area contributed by atoms with Gasteiger partial charge in [0.1, 0.15) is 6.61 Å². The fourth-order valence-corrected chi connectivity index (χ4v) is 2.03. The van der Waals surface area contributed by atoms with E-state index < -0.39 is 14.1 Å². The quantitative estimate of drug-likeness (QED) is 0.508. The second kappa shape index (κ2) is 4.88. The van der Waals surface area contributed by atoms with Crippen molar-refractivity contribution in [1.82, 2.24) is 0 Å². The van der Waals surface area contributed by atoms with Gasteiger partial charge in [-0.15, -0.1) is 6.58 Å². The summed E-state index contributed by atoms with van der Waals surface area (Å²) in [4.78, 5) is 0. The van der Waals surface area contributed by atoms with Crippen molar-refractivity contribution < 1.29 is 22.9 Å². The highest BCUT2D eigenvalue weighted by molar-refractivity contribution is 7.48. The van der Waals surface area contributed by atoms with Crippen LogP contribution in [0.2, 0.25) is 0 Å². The van der Waals surface area contributed by atoms with Crippen molar-refractivity contribution in [3.05, 3.63) is 12.7 Å². The number of hydrogen-bond donors (Lipinski definition) is 0. The molecule has 6 heteroatoms. The molecule has 1 aliphatic heterocycles. The number of phosphoric acid groups is 1. The number of ether oxygens (including phenoxy) is 1. The van der Waals surface area contributed by atoms with Crippen LogP contribution in [0.3, 0.4) is 0 Å². The van der Waals surface area contributed by atoms with Gasteiger partial charge in [-0.25, -0.2) is 4.57 Å². The van der Waals surface area contributed by atoms with Gasteiger partial charge in [-0.3, -0.25) is 13.6 Å². The van der Waals surface area contributed by atoms with E-state index in [0.717, 1.165) is 0 Å². The Labute approximate surface area is 77.2 Å². The molecule has 1 rings (SSSR count). The lowest BCUT2D eigenvalue weighted by Gasteiger charge is -2.09. The van der Waals surface area contributed by atoms with Crippen LogP contribution in [0.1, 0.15) is 6.92 Å². The van der Waals surface area contributed by atoms with Crippen LogP contribution in [0.5, 0.6) is 0 Å². The highest BCUT2D eigenvalue weighted by atomic mass is 31.2. The smallest absolute Gasteiger partial charge is 0.350 e. The highest BCUT2D eigenvalue weighted by Gasteiger charge is 2.38. The lowest BCUT2D eigenvalue weighted by molar-refractivity contribution is -0.0647. The summed E-state index contributed by atoms with van der Waals surface area (Å²) in [5.41, 5.74) is 0. The summed E-state index contributed by atoms with van der Waals surface area (Å²) in [6.07, 6.45) is 0.890. The number of hydrogen-bond acceptors (Lipinski definition) is 5. The maximum absolute atomic E-state index is 11.5. The average Bonchev–Trinajstić information content (AvgIpc) is 2.46. The van der Waals surface area contributed by atoms with Gasteiger partial charge in [-0.1, -0.05) is 6.08 Å². The lowest BCUT2D eigenvalue weighted by atomic mass is 10.7. The van der Waals surface area contributed by atoms with Crippen LogP contribution in [0.25, 0.3) is 0 Å². The summed E-state index contributed by atoms with van der Waals surface area (Å²) >= 11 is 0. The third kappa shape index (κ3) is 3.21. The molecule has 76 valence electrons. The summed E-state index contributed by atoms with van der Waals surface area (Å²) in [6.45, 7) is 5.99. The minimum absolute atomic E-state index is 0.135. The van der Waals surface area contributed by atoms with E-state index in [1.165, 1.54) is 6.08 Å². The molecule has 1 fully saturated rings. The van der Waals surface area contributed by atoms with Crippen molar-refractivity contribution >= 4 is 7.82 Å². The molecule has 0 spiro atoms. The Hall–Kier alpha value is -0.190. The first-order valence-corrected chi connectivity index (χ1v) is 5.46. The van der Waals surface area contributed by atoms with E-state index in [-0.39, 0.29) is 13.2 Å². The van der Waals surface area contributed by atoms with Gasteiger partial charge < -0.3 is 4.74 Å². The van der Waals surface area contributed by atoms with Gasteiger partial charge in [-0.2, -0.15) is 0 Å². The Bertz CT molecular complexity index is 217. The van der Waals surface area contributed by atoms with Crippen molar-refractivity contribution in [2.24, 2.45) is 0 Å². The Morgan fingerprint density at radius 1 is 1.77 bits per heavy atom. The standard InChI is InChI=1S/C7H13O5P/c1-3-5-10-13(8)11-6-7(12-13)9-4-2/h3,7H,1,4-6H2,2H3. The third-order valence-corrected chi connectivity index (χ3v) is 2.74. The van der Waals surface area contributed by atoms with Crippen molar-refractivity contribution in [3.8, 4) is 0 Å². The van der Waals surface area contributed by atoms with Gasteiger partial charge >= 0.3 is 7.82 Å². The second-order valence-corrected chi connectivity index (χ2v) is 3.94. The van der Waals surface area contributed by atoms with E-state index in [0.29, 0.717) is 6.61 Å². The molecule has 0 amide bonds. The molecule has 2 atom stereocenters. The molecule has 0 aliphatic carbocycles. The minimum atomic E-state index is -3.37. The zero-order chi connectivity index (χ0) is 9.73. The molecule has 0 saturated carbocycles. The monoisotopic (exact) mass is 208 g/mol. The van der Waals surface area contributed by atoms with Crippen molar-refractivity contribution in [1.29, 1.82) is 0 Å². The molecule has 0 aromatic heterocycles. The molecule has 0 radical (unpaired) electrons. The Balaban J connectivity index is 2.37. The van der Waals surface area contributed by atoms with Gasteiger partial charge in [0.15, 0.2) is 6.29 Å². The molecule has 2 unspecified atom stereocenters. The van der Waals surface area contributed by atoms with Gasteiger partial charge in [0.05, 0.1) is 6.61 Å². The topological polar surface area (TPSA) is 54.0 Å². The lowest BCUT2D eigenvalue weighted by Crippen LogP contribution is -2.13. The van der Waals surface area contributed by atoms with Gasteiger partial charge in [0, 0.05) is 6.61 Å². The molecule has 1 saturated heterocycles. The van der Waals surface area contributed by atoms with Crippen LogP contribution in [0.15, 0.2) is 12.7 Å². The Morgan fingerprint density at radius 2 is 2.54 bits per heavy atom. The third-order valence-electron chi connectivity index (χ3n) is 1.32. The normalized spacial score (nSPS) is 33.5. The highest BCUT2D eigenvalue weighted by Crippen LogP contribution is 2.54. The summed E-state index contributed by atoms with van der Waals surface area (Å²) in [7, 11) is -3.37. The molecule has 0 aromatic rings. The fourth-order valence-electron chi connectivity index (χ4n) is 0.833. The zero-order valence-electron chi connectivity index (χ0n) is 7.47. The second-order valence-electron chi connectivity index (χ2n) is 2.32. The largest absolute Gasteiger partial charge is 0.477 e. The SMILES string of the molecule is C=CCOP1(=O)OCC(OCC)O1.